The van der Waals surface area contributed by atoms with Crippen LogP contribution in [0.4, 0.5) is 0 Å². The SMILES string of the molecule is c1cnc2nc(-n3ccnn3)[nH]c2c1. The van der Waals surface area contributed by atoms with Crippen LogP contribution >= 0.6 is 0 Å². The maximum absolute atomic E-state index is 4.25. The van der Waals surface area contributed by atoms with Crippen molar-refractivity contribution in [2.75, 3.05) is 0 Å². The number of imidazole rings is 1. The molecule has 0 spiro atoms. The van der Waals surface area contributed by atoms with E-state index < -0.39 is 0 Å². The quantitative estimate of drug-likeness (QED) is 0.602. The number of aromatic nitrogens is 6. The molecule has 0 aliphatic carbocycles. The Hall–Kier alpha value is -2.24. The molecule has 0 aliphatic rings. The first-order chi connectivity index (χ1) is 6.93. The van der Waals surface area contributed by atoms with E-state index in [9.17, 15) is 0 Å². The van der Waals surface area contributed by atoms with E-state index in [4.69, 9.17) is 0 Å². The van der Waals surface area contributed by atoms with Crippen LogP contribution in [0, 0.1) is 0 Å². The van der Waals surface area contributed by atoms with Crippen molar-refractivity contribution >= 4 is 11.2 Å². The first-order valence-corrected chi connectivity index (χ1v) is 4.11. The molecule has 0 aromatic carbocycles. The lowest BCUT2D eigenvalue weighted by Gasteiger charge is -1.89. The van der Waals surface area contributed by atoms with Crippen molar-refractivity contribution in [3.8, 4) is 5.95 Å². The number of pyridine rings is 1. The first-order valence-electron chi connectivity index (χ1n) is 4.11. The molecule has 0 saturated carbocycles. The van der Waals surface area contributed by atoms with Gasteiger partial charge in [0.05, 0.1) is 17.9 Å². The van der Waals surface area contributed by atoms with Gasteiger partial charge in [0.25, 0.3) is 0 Å². The summed E-state index contributed by atoms with van der Waals surface area (Å²) in [5.74, 6) is 0.621. The van der Waals surface area contributed by atoms with Crippen LogP contribution < -0.4 is 0 Å². The zero-order chi connectivity index (χ0) is 9.38. The van der Waals surface area contributed by atoms with Gasteiger partial charge >= 0.3 is 0 Å². The molecule has 0 fully saturated rings. The Kier molecular flexibility index (Phi) is 1.35. The zero-order valence-electron chi connectivity index (χ0n) is 7.12. The smallest absolute Gasteiger partial charge is 0.232 e. The first kappa shape index (κ1) is 7.19. The lowest BCUT2D eigenvalue weighted by molar-refractivity contribution is 0.768. The molecule has 3 aromatic heterocycles. The topological polar surface area (TPSA) is 72.3 Å². The highest BCUT2D eigenvalue weighted by atomic mass is 15.5. The number of rotatable bonds is 1. The second-order valence-electron chi connectivity index (χ2n) is 2.78. The third-order valence-corrected chi connectivity index (χ3v) is 1.88. The maximum Gasteiger partial charge on any atom is 0.232 e. The zero-order valence-corrected chi connectivity index (χ0v) is 7.12. The van der Waals surface area contributed by atoms with E-state index in [-0.39, 0.29) is 0 Å². The van der Waals surface area contributed by atoms with Crippen molar-refractivity contribution in [2.45, 2.75) is 0 Å². The fourth-order valence-electron chi connectivity index (χ4n) is 1.26. The Morgan fingerprint density at radius 1 is 1.29 bits per heavy atom. The van der Waals surface area contributed by atoms with Gasteiger partial charge in [-0.05, 0) is 12.1 Å². The number of nitrogens with zero attached hydrogens (tertiary/aromatic N) is 5. The van der Waals surface area contributed by atoms with Gasteiger partial charge < -0.3 is 4.98 Å². The number of fused-ring (bicyclic) bond motifs is 1. The van der Waals surface area contributed by atoms with Gasteiger partial charge in [-0.2, -0.15) is 9.67 Å². The van der Waals surface area contributed by atoms with E-state index >= 15 is 0 Å². The van der Waals surface area contributed by atoms with Crippen LogP contribution in [0.3, 0.4) is 0 Å². The van der Waals surface area contributed by atoms with E-state index in [1.165, 1.54) is 0 Å². The standard InChI is InChI=1S/C8H6N6/c1-2-6-7(9-3-1)12-8(11-6)14-5-4-10-13-14/h1-5H,(H,9,11,12). The monoisotopic (exact) mass is 186 g/mol. The average molecular weight is 186 g/mol. The highest BCUT2D eigenvalue weighted by molar-refractivity contribution is 5.71. The van der Waals surface area contributed by atoms with Crippen LogP contribution in [-0.2, 0) is 0 Å². The largest absolute Gasteiger partial charge is 0.321 e. The molecule has 0 aliphatic heterocycles. The third kappa shape index (κ3) is 0.972. The van der Waals surface area contributed by atoms with Crippen molar-refractivity contribution in [3.05, 3.63) is 30.7 Å². The molecular weight excluding hydrogens is 180 g/mol. The van der Waals surface area contributed by atoms with Crippen LogP contribution in [0.1, 0.15) is 0 Å². The number of H-pyrrole nitrogens is 1. The number of nitrogens with one attached hydrogen (secondary N) is 1. The molecule has 0 amide bonds. The van der Waals surface area contributed by atoms with Gasteiger partial charge in [0.15, 0.2) is 5.65 Å². The Morgan fingerprint density at radius 3 is 3.07 bits per heavy atom. The van der Waals surface area contributed by atoms with Crippen molar-refractivity contribution in [1.29, 1.82) is 0 Å². The van der Waals surface area contributed by atoms with Crippen LogP contribution in [0.5, 0.6) is 0 Å². The average Bonchev–Trinajstić information content (AvgIpc) is 2.86. The molecule has 6 heteroatoms. The summed E-state index contributed by atoms with van der Waals surface area (Å²) in [6.45, 7) is 0. The van der Waals surface area contributed by atoms with Crippen LogP contribution in [0.15, 0.2) is 30.7 Å². The van der Waals surface area contributed by atoms with Crippen LogP contribution in [-0.4, -0.2) is 29.9 Å². The predicted molar refractivity (Wildman–Crippen MR) is 48.8 cm³/mol. The number of hydrogen-bond donors (Lipinski definition) is 1. The molecule has 3 aromatic rings. The summed E-state index contributed by atoms with van der Waals surface area (Å²) in [4.78, 5) is 11.4. The van der Waals surface area contributed by atoms with Crippen molar-refractivity contribution in [1.82, 2.24) is 29.9 Å². The second kappa shape index (κ2) is 2.63. The summed E-state index contributed by atoms with van der Waals surface area (Å²) in [6.07, 6.45) is 5.02. The lowest BCUT2D eigenvalue weighted by atomic mass is 10.4. The third-order valence-electron chi connectivity index (χ3n) is 1.88. The van der Waals surface area contributed by atoms with E-state index in [1.807, 2.05) is 12.1 Å². The second-order valence-corrected chi connectivity index (χ2v) is 2.78. The Morgan fingerprint density at radius 2 is 2.29 bits per heavy atom. The lowest BCUT2D eigenvalue weighted by Crippen LogP contribution is -1.96. The highest BCUT2D eigenvalue weighted by Gasteiger charge is 2.04. The number of hydrogen-bond acceptors (Lipinski definition) is 4. The van der Waals surface area contributed by atoms with E-state index in [1.54, 1.807) is 23.3 Å². The molecular formula is C8H6N6. The Labute approximate surface area is 78.6 Å². The van der Waals surface area contributed by atoms with Gasteiger partial charge in [-0.15, -0.1) is 5.10 Å². The van der Waals surface area contributed by atoms with Crippen LogP contribution in [0.25, 0.3) is 17.1 Å². The molecule has 0 saturated heterocycles. The fraction of sp³-hybridized carbons (Fsp3) is 0. The maximum atomic E-state index is 4.25. The minimum Gasteiger partial charge on any atom is -0.321 e. The van der Waals surface area contributed by atoms with Gasteiger partial charge in [0.1, 0.15) is 0 Å². The van der Waals surface area contributed by atoms with Crippen LogP contribution in [0.2, 0.25) is 0 Å². The fourth-order valence-corrected chi connectivity index (χ4v) is 1.26. The van der Waals surface area contributed by atoms with E-state index in [0.29, 0.717) is 11.6 Å². The molecule has 3 rings (SSSR count). The van der Waals surface area contributed by atoms with Crippen molar-refractivity contribution in [2.24, 2.45) is 0 Å². The van der Waals surface area contributed by atoms with Crippen molar-refractivity contribution < 1.29 is 0 Å². The number of aromatic amines is 1. The molecule has 3 heterocycles. The summed E-state index contributed by atoms with van der Waals surface area (Å²) in [5.41, 5.74) is 1.57. The summed E-state index contributed by atoms with van der Waals surface area (Å²) in [7, 11) is 0. The normalized spacial score (nSPS) is 10.9. The Bertz CT molecular complexity index is 519. The minimum absolute atomic E-state index is 0.621. The van der Waals surface area contributed by atoms with Gasteiger partial charge in [-0.25, -0.2) is 4.98 Å². The highest BCUT2D eigenvalue weighted by Crippen LogP contribution is 2.09. The molecule has 68 valence electrons. The minimum atomic E-state index is 0.621. The molecule has 0 unspecified atom stereocenters. The predicted octanol–water partition coefficient (Wildman–Crippen LogP) is 0.539. The summed E-state index contributed by atoms with van der Waals surface area (Å²) >= 11 is 0. The van der Waals surface area contributed by atoms with Gasteiger partial charge in [0.2, 0.25) is 5.95 Å². The summed E-state index contributed by atoms with van der Waals surface area (Å²) < 4.78 is 1.56. The molecule has 14 heavy (non-hydrogen) atoms. The summed E-state index contributed by atoms with van der Waals surface area (Å²) in [5, 5.41) is 7.53. The molecule has 6 nitrogen and oxygen atoms in total. The summed E-state index contributed by atoms with van der Waals surface area (Å²) in [6, 6.07) is 3.77. The van der Waals surface area contributed by atoms with Crippen molar-refractivity contribution in [3.63, 3.8) is 0 Å². The molecule has 0 radical (unpaired) electrons. The van der Waals surface area contributed by atoms with Gasteiger partial charge in [0, 0.05) is 6.20 Å². The van der Waals surface area contributed by atoms with E-state index in [0.717, 1.165) is 5.52 Å². The molecule has 0 bridgehead atoms. The molecule has 0 atom stereocenters. The molecule has 1 N–H and O–H groups in total. The Balaban J connectivity index is 2.24. The van der Waals surface area contributed by atoms with Gasteiger partial charge in [-0.3, -0.25) is 0 Å². The van der Waals surface area contributed by atoms with E-state index in [2.05, 4.69) is 25.3 Å². The van der Waals surface area contributed by atoms with Gasteiger partial charge in [-0.1, -0.05) is 5.21 Å².